The quantitative estimate of drug-likeness (QED) is 0.739. The molecule has 1 aliphatic heterocycles. The third-order valence-corrected chi connectivity index (χ3v) is 4.61. The van der Waals surface area contributed by atoms with Crippen LogP contribution in [0.15, 0.2) is 42.7 Å². The molecule has 118 valence electrons. The summed E-state index contributed by atoms with van der Waals surface area (Å²) in [7, 11) is 1.69. The predicted octanol–water partition coefficient (Wildman–Crippen LogP) is 3.39. The lowest BCUT2D eigenvalue weighted by atomic mass is 9.98. The molecule has 1 aromatic carbocycles. The number of aromatic nitrogens is 3. The van der Waals surface area contributed by atoms with Gasteiger partial charge in [-0.3, -0.25) is 0 Å². The van der Waals surface area contributed by atoms with E-state index in [0.717, 1.165) is 36.6 Å². The SMILES string of the molecule is COc1ccc(C2CCN(c3cc(Cl)nn4ccnc34)C2)cc1. The Labute approximate surface area is 139 Å². The van der Waals surface area contributed by atoms with Gasteiger partial charge in [0.15, 0.2) is 10.8 Å². The van der Waals surface area contributed by atoms with E-state index >= 15 is 0 Å². The van der Waals surface area contributed by atoms with E-state index in [1.54, 1.807) is 17.8 Å². The first kappa shape index (κ1) is 14.3. The van der Waals surface area contributed by atoms with Crippen molar-refractivity contribution in [3.63, 3.8) is 0 Å². The second-order valence-corrected chi connectivity index (χ2v) is 6.14. The summed E-state index contributed by atoms with van der Waals surface area (Å²) >= 11 is 6.15. The summed E-state index contributed by atoms with van der Waals surface area (Å²) < 4.78 is 6.97. The van der Waals surface area contributed by atoms with Crippen molar-refractivity contribution < 1.29 is 4.74 Å². The number of fused-ring (bicyclic) bond motifs is 1. The Morgan fingerprint density at radius 2 is 2.09 bits per heavy atom. The number of methoxy groups -OCH3 is 1. The summed E-state index contributed by atoms with van der Waals surface area (Å²) in [6.07, 6.45) is 4.68. The van der Waals surface area contributed by atoms with Crippen LogP contribution in [0.5, 0.6) is 5.75 Å². The van der Waals surface area contributed by atoms with Crippen LogP contribution < -0.4 is 9.64 Å². The normalized spacial score (nSPS) is 17.8. The number of nitrogens with zero attached hydrogens (tertiary/aromatic N) is 4. The Morgan fingerprint density at radius 1 is 1.26 bits per heavy atom. The molecular formula is C17H17ClN4O. The van der Waals surface area contributed by atoms with Crippen molar-refractivity contribution in [1.29, 1.82) is 0 Å². The van der Waals surface area contributed by atoms with Crippen LogP contribution in [-0.2, 0) is 0 Å². The molecule has 23 heavy (non-hydrogen) atoms. The number of rotatable bonds is 3. The standard InChI is InChI=1S/C17H17ClN4O/c1-23-14-4-2-12(3-5-14)13-6-8-21(11-13)15-10-16(18)20-22-9-7-19-17(15)22/h2-5,7,9-10,13H,6,8,11H2,1H3. The van der Waals surface area contributed by atoms with E-state index in [1.807, 2.05) is 24.4 Å². The van der Waals surface area contributed by atoms with Gasteiger partial charge in [-0.25, -0.2) is 9.50 Å². The van der Waals surface area contributed by atoms with Gasteiger partial charge in [0.25, 0.3) is 0 Å². The van der Waals surface area contributed by atoms with Crippen molar-refractivity contribution in [1.82, 2.24) is 14.6 Å². The number of halogens is 1. The van der Waals surface area contributed by atoms with Gasteiger partial charge in [-0.1, -0.05) is 23.7 Å². The van der Waals surface area contributed by atoms with E-state index in [9.17, 15) is 0 Å². The van der Waals surface area contributed by atoms with Gasteiger partial charge < -0.3 is 9.64 Å². The first-order valence-electron chi connectivity index (χ1n) is 7.63. The minimum atomic E-state index is 0.485. The molecular weight excluding hydrogens is 312 g/mol. The number of imidazole rings is 1. The molecule has 2 aromatic heterocycles. The third-order valence-electron chi connectivity index (χ3n) is 4.43. The second-order valence-electron chi connectivity index (χ2n) is 5.75. The van der Waals surface area contributed by atoms with E-state index < -0.39 is 0 Å². The van der Waals surface area contributed by atoms with E-state index in [2.05, 4.69) is 27.1 Å². The van der Waals surface area contributed by atoms with Crippen LogP contribution in [0.2, 0.25) is 5.15 Å². The zero-order chi connectivity index (χ0) is 15.8. The predicted molar refractivity (Wildman–Crippen MR) is 90.6 cm³/mol. The molecule has 1 atom stereocenters. The topological polar surface area (TPSA) is 42.7 Å². The lowest BCUT2D eigenvalue weighted by molar-refractivity contribution is 0.414. The molecule has 0 spiro atoms. The van der Waals surface area contributed by atoms with Crippen LogP contribution in [0.1, 0.15) is 17.9 Å². The van der Waals surface area contributed by atoms with Crippen molar-refractivity contribution in [2.75, 3.05) is 25.1 Å². The van der Waals surface area contributed by atoms with Crippen molar-refractivity contribution in [2.45, 2.75) is 12.3 Å². The Morgan fingerprint density at radius 3 is 2.87 bits per heavy atom. The van der Waals surface area contributed by atoms with E-state index in [0.29, 0.717) is 11.1 Å². The smallest absolute Gasteiger partial charge is 0.177 e. The molecule has 0 amide bonds. The van der Waals surface area contributed by atoms with Gasteiger partial charge in [-0.05, 0) is 24.1 Å². The molecule has 1 aliphatic rings. The molecule has 1 fully saturated rings. The first-order chi connectivity index (χ1) is 11.2. The Kier molecular flexibility index (Phi) is 3.58. The molecule has 6 heteroatoms. The van der Waals surface area contributed by atoms with Crippen molar-refractivity contribution in [3.05, 3.63) is 53.4 Å². The minimum absolute atomic E-state index is 0.485. The van der Waals surface area contributed by atoms with Crippen molar-refractivity contribution in [2.24, 2.45) is 0 Å². The fourth-order valence-electron chi connectivity index (χ4n) is 3.23. The maximum atomic E-state index is 6.15. The summed E-state index contributed by atoms with van der Waals surface area (Å²) in [6.45, 7) is 1.94. The van der Waals surface area contributed by atoms with Crippen LogP contribution in [-0.4, -0.2) is 34.8 Å². The lowest BCUT2D eigenvalue weighted by Gasteiger charge is -2.19. The molecule has 0 aliphatic carbocycles. The molecule has 0 saturated carbocycles. The summed E-state index contributed by atoms with van der Waals surface area (Å²) in [5, 5.41) is 4.73. The number of benzene rings is 1. The monoisotopic (exact) mass is 328 g/mol. The highest BCUT2D eigenvalue weighted by atomic mass is 35.5. The van der Waals surface area contributed by atoms with Gasteiger partial charge >= 0.3 is 0 Å². The number of anilines is 1. The molecule has 4 rings (SSSR count). The minimum Gasteiger partial charge on any atom is -0.497 e. The van der Waals surface area contributed by atoms with Gasteiger partial charge in [0.1, 0.15) is 5.75 Å². The molecule has 1 saturated heterocycles. The summed E-state index contributed by atoms with van der Waals surface area (Å²) in [4.78, 5) is 6.75. The highest BCUT2D eigenvalue weighted by molar-refractivity contribution is 6.29. The molecule has 3 heterocycles. The van der Waals surface area contributed by atoms with Crippen LogP contribution in [0.25, 0.3) is 5.65 Å². The van der Waals surface area contributed by atoms with Gasteiger partial charge in [-0.15, -0.1) is 0 Å². The molecule has 5 nitrogen and oxygen atoms in total. The van der Waals surface area contributed by atoms with E-state index in [1.165, 1.54) is 5.56 Å². The van der Waals surface area contributed by atoms with Gasteiger partial charge in [-0.2, -0.15) is 5.10 Å². The van der Waals surface area contributed by atoms with Gasteiger partial charge in [0.05, 0.1) is 12.8 Å². The highest BCUT2D eigenvalue weighted by Crippen LogP contribution is 2.33. The number of ether oxygens (including phenoxy) is 1. The summed E-state index contributed by atoms with van der Waals surface area (Å²) in [5.74, 6) is 1.39. The maximum absolute atomic E-state index is 6.15. The van der Waals surface area contributed by atoms with Crippen LogP contribution >= 0.6 is 11.6 Å². The van der Waals surface area contributed by atoms with E-state index in [4.69, 9.17) is 16.3 Å². The average Bonchev–Trinajstić information content (AvgIpc) is 3.23. The van der Waals surface area contributed by atoms with Crippen LogP contribution in [0.3, 0.4) is 0 Å². The zero-order valence-electron chi connectivity index (χ0n) is 12.8. The molecule has 3 aromatic rings. The summed E-state index contributed by atoms with van der Waals surface area (Å²) in [5.41, 5.74) is 3.24. The fraction of sp³-hybridized carbons (Fsp3) is 0.294. The van der Waals surface area contributed by atoms with Crippen molar-refractivity contribution >= 4 is 22.9 Å². The fourth-order valence-corrected chi connectivity index (χ4v) is 3.41. The number of hydrogen-bond donors (Lipinski definition) is 0. The largest absolute Gasteiger partial charge is 0.497 e. The molecule has 1 unspecified atom stereocenters. The third kappa shape index (κ3) is 2.61. The lowest BCUT2D eigenvalue weighted by Crippen LogP contribution is -2.20. The second kappa shape index (κ2) is 5.74. The Balaban J connectivity index is 1.60. The molecule has 0 N–H and O–H groups in total. The van der Waals surface area contributed by atoms with Crippen molar-refractivity contribution in [3.8, 4) is 5.75 Å². The molecule has 0 radical (unpaired) electrons. The number of hydrogen-bond acceptors (Lipinski definition) is 4. The molecule has 0 bridgehead atoms. The maximum Gasteiger partial charge on any atom is 0.177 e. The zero-order valence-corrected chi connectivity index (χ0v) is 13.6. The average molecular weight is 329 g/mol. The van der Waals surface area contributed by atoms with Crippen LogP contribution in [0, 0.1) is 0 Å². The van der Waals surface area contributed by atoms with Gasteiger partial charge in [0.2, 0.25) is 0 Å². The Hall–Kier alpha value is -2.27. The Bertz CT molecular complexity index is 830. The van der Waals surface area contributed by atoms with E-state index in [-0.39, 0.29) is 0 Å². The van der Waals surface area contributed by atoms with Gasteiger partial charge in [0, 0.05) is 37.5 Å². The first-order valence-corrected chi connectivity index (χ1v) is 8.01. The highest BCUT2D eigenvalue weighted by Gasteiger charge is 2.26. The summed E-state index contributed by atoms with van der Waals surface area (Å²) in [6, 6.07) is 10.2. The van der Waals surface area contributed by atoms with Crippen LogP contribution in [0.4, 0.5) is 5.69 Å².